The second kappa shape index (κ2) is 8.33. The van der Waals surface area contributed by atoms with Gasteiger partial charge in [0, 0.05) is 48.5 Å². The molecule has 6 rings (SSSR count). The van der Waals surface area contributed by atoms with Gasteiger partial charge in [-0.2, -0.15) is 0 Å². The summed E-state index contributed by atoms with van der Waals surface area (Å²) in [4.78, 5) is 55.5. The molecule has 2 aliphatic heterocycles. The molecule has 178 valence electrons. The molecule has 0 radical (unpaired) electrons. The minimum Gasteiger partial charge on any atom is -0.332 e. The van der Waals surface area contributed by atoms with E-state index in [-0.39, 0.29) is 30.7 Å². The van der Waals surface area contributed by atoms with E-state index in [0.717, 1.165) is 23.1 Å². The molecule has 3 aliphatic rings. The van der Waals surface area contributed by atoms with E-state index in [4.69, 9.17) is 0 Å². The molecular weight excluding hydrogens is 446 g/mol. The highest BCUT2D eigenvalue weighted by Gasteiger charge is 2.39. The topological polar surface area (TPSA) is 113 Å². The second-order valence-electron chi connectivity index (χ2n) is 9.63. The number of pyridine rings is 1. The van der Waals surface area contributed by atoms with Gasteiger partial charge in [0.2, 0.25) is 11.8 Å². The van der Waals surface area contributed by atoms with Gasteiger partial charge in [-0.25, -0.2) is 4.98 Å². The number of fused-ring (bicyclic) bond motifs is 2. The lowest BCUT2D eigenvalue weighted by Gasteiger charge is -2.29. The molecule has 1 atom stereocenters. The third-order valence-corrected chi connectivity index (χ3v) is 7.32. The molecule has 1 unspecified atom stereocenters. The molecule has 2 N–H and O–H groups in total. The van der Waals surface area contributed by atoms with E-state index in [0.29, 0.717) is 29.2 Å². The molecule has 1 aromatic carbocycles. The molecule has 4 amide bonds. The quantitative estimate of drug-likeness (QED) is 0.556. The fourth-order valence-electron chi connectivity index (χ4n) is 5.16. The largest absolute Gasteiger partial charge is 0.332 e. The van der Waals surface area contributed by atoms with Crippen molar-refractivity contribution in [1.82, 2.24) is 19.8 Å². The Hall–Kier alpha value is -4.01. The molecule has 4 heterocycles. The molecule has 1 aliphatic carbocycles. The van der Waals surface area contributed by atoms with E-state index >= 15 is 0 Å². The summed E-state index contributed by atoms with van der Waals surface area (Å²) in [6, 6.07) is 8.28. The number of rotatable bonds is 5. The van der Waals surface area contributed by atoms with E-state index in [1.165, 1.54) is 24.2 Å². The number of amides is 4. The summed E-state index contributed by atoms with van der Waals surface area (Å²) in [5.74, 6) is -0.567. The van der Waals surface area contributed by atoms with E-state index < -0.39 is 11.9 Å². The fraction of sp³-hybridized carbons (Fsp3) is 0.346. The maximum absolute atomic E-state index is 12.9. The van der Waals surface area contributed by atoms with E-state index in [1.54, 1.807) is 24.4 Å². The van der Waals surface area contributed by atoms with Crippen molar-refractivity contribution in [2.45, 2.75) is 51.2 Å². The lowest BCUT2D eigenvalue weighted by atomic mass is 9.85. The van der Waals surface area contributed by atoms with E-state index in [1.807, 2.05) is 18.3 Å². The van der Waals surface area contributed by atoms with Crippen LogP contribution in [0.1, 0.15) is 58.4 Å². The first kappa shape index (κ1) is 21.5. The summed E-state index contributed by atoms with van der Waals surface area (Å²) in [6.45, 7) is 1.22. The van der Waals surface area contributed by atoms with Gasteiger partial charge in [-0.3, -0.25) is 24.5 Å². The highest BCUT2D eigenvalue weighted by atomic mass is 16.2. The summed E-state index contributed by atoms with van der Waals surface area (Å²) in [6.07, 6.45) is 7.97. The zero-order valence-corrected chi connectivity index (χ0v) is 19.1. The van der Waals surface area contributed by atoms with Crippen molar-refractivity contribution in [3.8, 4) is 0 Å². The first-order valence-corrected chi connectivity index (χ1v) is 12.0. The van der Waals surface area contributed by atoms with Crippen molar-refractivity contribution in [2.75, 3.05) is 5.32 Å². The van der Waals surface area contributed by atoms with Crippen LogP contribution in [0, 0.1) is 5.92 Å². The van der Waals surface area contributed by atoms with Gasteiger partial charge in [0.25, 0.3) is 11.8 Å². The number of imide groups is 1. The third-order valence-electron chi connectivity index (χ3n) is 7.32. The van der Waals surface area contributed by atoms with Crippen LogP contribution in [0.25, 0.3) is 11.0 Å². The lowest BCUT2D eigenvalue weighted by Crippen LogP contribution is -2.52. The van der Waals surface area contributed by atoms with Crippen LogP contribution in [0.3, 0.4) is 0 Å². The summed E-state index contributed by atoms with van der Waals surface area (Å²) in [7, 11) is 0. The minimum absolute atomic E-state index is 0.209. The van der Waals surface area contributed by atoms with Crippen LogP contribution in [-0.4, -0.2) is 44.1 Å². The van der Waals surface area contributed by atoms with Gasteiger partial charge in [-0.1, -0.05) is 6.42 Å². The Kier molecular flexibility index (Phi) is 5.12. The number of benzene rings is 1. The number of anilines is 1. The standard InChI is InChI=1S/C26H25N5O4/c32-22-7-6-21(25(34)29-22)31-14-18-11-19(4-5-20(18)26(31)35)28-24(33)17-10-16-8-9-30(23(16)27-12-17)13-15-2-1-3-15/h4-5,8-12,15,21H,1-3,6-7,13-14H2,(H,28,33)(H,29,32,34). The van der Waals surface area contributed by atoms with Gasteiger partial charge < -0.3 is 14.8 Å². The third kappa shape index (κ3) is 3.86. The Morgan fingerprint density at radius 3 is 2.74 bits per heavy atom. The van der Waals surface area contributed by atoms with E-state index in [9.17, 15) is 19.2 Å². The maximum Gasteiger partial charge on any atom is 0.257 e. The molecule has 2 aromatic heterocycles. The maximum atomic E-state index is 12.9. The molecule has 1 saturated carbocycles. The van der Waals surface area contributed by atoms with Gasteiger partial charge in [0.05, 0.1) is 5.56 Å². The molecule has 9 heteroatoms. The zero-order valence-electron chi connectivity index (χ0n) is 19.1. The Morgan fingerprint density at radius 1 is 1.11 bits per heavy atom. The number of aromatic nitrogens is 2. The Balaban J connectivity index is 1.16. The summed E-state index contributed by atoms with van der Waals surface area (Å²) in [5, 5.41) is 6.12. The lowest BCUT2D eigenvalue weighted by molar-refractivity contribution is -0.136. The highest BCUT2D eigenvalue weighted by Crippen LogP contribution is 2.31. The molecule has 35 heavy (non-hydrogen) atoms. The van der Waals surface area contributed by atoms with Gasteiger partial charge in [-0.15, -0.1) is 0 Å². The molecule has 9 nitrogen and oxygen atoms in total. The van der Waals surface area contributed by atoms with Crippen molar-refractivity contribution in [3.05, 3.63) is 59.4 Å². The summed E-state index contributed by atoms with van der Waals surface area (Å²) < 4.78 is 2.16. The molecule has 0 spiro atoms. The average Bonchev–Trinajstić information content (AvgIpc) is 3.36. The summed E-state index contributed by atoms with van der Waals surface area (Å²) in [5.41, 5.74) is 3.15. The van der Waals surface area contributed by atoms with Crippen molar-refractivity contribution >= 4 is 40.3 Å². The predicted molar refractivity (Wildman–Crippen MR) is 128 cm³/mol. The number of nitrogens with one attached hydrogen (secondary N) is 2. The first-order valence-electron chi connectivity index (χ1n) is 12.0. The molecule has 3 aromatic rings. The van der Waals surface area contributed by atoms with Crippen molar-refractivity contribution in [3.63, 3.8) is 0 Å². The Labute approximate surface area is 201 Å². The van der Waals surface area contributed by atoms with Crippen LogP contribution in [0.4, 0.5) is 5.69 Å². The first-order chi connectivity index (χ1) is 17.0. The molecular formula is C26H25N5O4. The van der Waals surface area contributed by atoms with Gasteiger partial charge in [0.1, 0.15) is 11.7 Å². The van der Waals surface area contributed by atoms with Crippen molar-refractivity contribution < 1.29 is 19.2 Å². The van der Waals surface area contributed by atoms with Crippen LogP contribution in [0.15, 0.2) is 42.7 Å². The number of nitrogens with zero attached hydrogens (tertiary/aromatic N) is 3. The van der Waals surface area contributed by atoms with Crippen LogP contribution in [-0.2, 0) is 22.7 Å². The number of carbonyl (C=O) groups excluding carboxylic acids is 4. The SMILES string of the molecule is O=C1CCC(N2Cc3cc(NC(=O)c4cnc5c(ccn5CC5CCC5)c4)ccc3C2=O)C(=O)N1. The highest BCUT2D eigenvalue weighted by molar-refractivity contribution is 6.07. The monoisotopic (exact) mass is 471 g/mol. The minimum atomic E-state index is -0.667. The Bertz CT molecular complexity index is 1390. The van der Waals surface area contributed by atoms with Gasteiger partial charge in [-0.05, 0) is 61.1 Å². The molecule has 1 saturated heterocycles. The van der Waals surface area contributed by atoms with Crippen LogP contribution in [0.5, 0.6) is 0 Å². The van der Waals surface area contributed by atoms with Crippen molar-refractivity contribution in [2.24, 2.45) is 5.92 Å². The normalized spacial score (nSPS) is 20.1. The van der Waals surface area contributed by atoms with Gasteiger partial charge in [0.15, 0.2) is 0 Å². The van der Waals surface area contributed by atoms with E-state index in [2.05, 4.69) is 20.2 Å². The average molecular weight is 472 g/mol. The molecule has 2 fully saturated rings. The fourth-order valence-corrected chi connectivity index (χ4v) is 5.16. The number of carbonyl (C=O) groups is 4. The van der Waals surface area contributed by atoms with Gasteiger partial charge >= 0.3 is 0 Å². The summed E-state index contributed by atoms with van der Waals surface area (Å²) >= 11 is 0. The number of hydrogen-bond acceptors (Lipinski definition) is 5. The van der Waals surface area contributed by atoms with Crippen molar-refractivity contribution in [1.29, 1.82) is 0 Å². The number of hydrogen-bond donors (Lipinski definition) is 2. The molecule has 0 bridgehead atoms. The second-order valence-corrected chi connectivity index (χ2v) is 9.63. The van der Waals surface area contributed by atoms with Crippen LogP contribution in [0.2, 0.25) is 0 Å². The number of piperidine rings is 1. The van der Waals surface area contributed by atoms with Crippen LogP contribution < -0.4 is 10.6 Å². The Morgan fingerprint density at radius 2 is 1.97 bits per heavy atom. The zero-order chi connectivity index (χ0) is 24.1. The smallest absolute Gasteiger partial charge is 0.257 e. The van der Waals surface area contributed by atoms with Crippen LogP contribution >= 0.6 is 0 Å². The predicted octanol–water partition coefficient (Wildman–Crippen LogP) is 2.85.